The van der Waals surface area contributed by atoms with Gasteiger partial charge in [0.1, 0.15) is 0 Å². The van der Waals surface area contributed by atoms with Crippen molar-refractivity contribution in [1.82, 2.24) is 4.90 Å². The summed E-state index contributed by atoms with van der Waals surface area (Å²) in [4.78, 5) is 2.43. The fourth-order valence-corrected chi connectivity index (χ4v) is 2.41. The van der Waals surface area contributed by atoms with Crippen LogP contribution in [0.25, 0.3) is 0 Å². The van der Waals surface area contributed by atoms with Crippen LogP contribution in [0.1, 0.15) is 39.5 Å². The standard InChI is InChI=1S/C10H21N/c1-5-10(11(3)4)7-6-9(2)8-10/h9H,5-8H2,1-4H3/t9-,10-/m1/s1. The second-order valence-electron chi connectivity index (χ2n) is 4.32. The highest BCUT2D eigenvalue weighted by molar-refractivity contribution is 4.93. The van der Waals surface area contributed by atoms with E-state index in [1.807, 2.05) is 0 Å². The summed E-state index contributed by atoms with van der Waals surface area (Å²) in [6, 6.07) is 0. The second-order valence-corrected chi connectivity index (χ2v) is 4.32. The zero-order valence-corrected chi connectivity index (χ0v) is 8.35. The van der Waals surface area contributed by atoms with E-state index in [0.29, 0.717) is 5.54 Å². The van der Waals surface area contributed by atoms with Crippen molar-refractivity contribution >= 4 is 0 Å². The molecular weight excluding hydrogens is 134 g/mol. The fraction of sp³-hybridized carbons (Fsp3) is 1.00. The highest BCUT2D eigenvalue weighted by Crippen LogP contribution is 2.39. The molecule has 1 aliphatic rings. The Morgan fingerprint density at radius 3 is 2.27 bits per heavy atom. The van der Waals surface area contributed by atoms with Gasteiger partial charge in [0.25, 0.3) is 0 Å². The van der Waals surface area contributed by atoms with E-state index >= 15 is 0 Å². The van der Waals surface area contributed by atoms with Gasteiger partial charge in [0, 0.05) is 5.54 Å². The molecule has 0 aromatic rings. The van der Waals surface area contributed by atoms with Crippen molar-refractivity contribution in [2.45, 2.75) is 45.1 Å². The molecule has 1 saturated carbocycles. The third-order valence-electron chi connectivity index (χ3n) is 3.44. The third kappa shape index (κ3) is 1.58. The lowest BCUT2D eigenvalue weighted by atomic mass is 9.92. The van der Waals surface area contributed by atoms with Gasteiger partial charge < -0.3 is 4.90 Å². The van der Waals surface area contributed by atoms with Crippen molar-refractivity contribution in [3.05, 3.63) is 0 Å². The Hall–Kier alpha value is -0.0400. The van der Waals surface area contributed by atoms with Crippen LogP contribution in [0, 0.1) is 5.92 Å². The van der Waals surface area contributed by atoms with Crippen LogP contribution in [-0.4, -0.2) is 24.5 Å². The van der Waals surface area contributed by atoms with Gasteiger partial charge in [0.05, 0.1) is 0 Å². The number of nitrogens with zero attached hydrogens (tertiary/aromatic N) is 1. The van der Waals surface area contributed by atoms with Gasteiger partial charge >= 0.3 is 0 Å². The maximum Gasteiger partial charge on any atom is 0.0203 e. The zero-order chi connectivity index (χ0) is 8.48. The molecule has 1 fully saturated rings. The van der Waals surface area contributed by atoms with Crippen molar-refractivity contribution in [1.29, 1.82) is 0 Å². The predicted molar refractivity (Wildman–Crippen MR) is 49.7 cm³/mol. The predicted octanol–water partition coefficient (Wildman–Crippen LogP) is 2.52. The van der Waals surface area contributed by atoms with Crippen LogP contribution < -0.4 is 0 Å². The molecule has 0 heterocycles. The molecule has 2 atom stereocenters. The summed E-state index contributed by atoms with van der Waals surface area (Å²) >= 11 is 0. The van der Waals surface area contributed by atoms with Gasteiger partial charge in [-0.25, -0.2) is 0 Å². The lowest BCUT2D eigenvalue weighted by Crippen LogP contribution is -2.41. The Morgan fingerprint density at radius 2 is 2.09 bits per heavy atom. The maximum absolute atomic E-state index is 2.43. The van der Waals surface area contributed by atoms with Gasteiger partial charge in [-0.3, -0.25) is 0 Å². The zero-order valence-electron chi connectivity index (χ0n) is 8.35. The third-order valence-corrected chi connectivity index (χ3v) is 3.44. The Labute approximate surface area is 70.8 Å². The summed E-state index contributed by atoms with van der Waals surface area (Å²) in [7, 11) is 4.45. The molecule has 66 valence electrons. The molecule has 0 unspecified atom stereocenters. The lowest BCUT2D eigenvalue weighted by molar-refractivity contribution is 0.147. The van der Waals surface area contributed by atoms with Crippen LogP contribution in [0.3, 0.4) is 0 Å². The molecule has 0 aromatic heterocycles. The van der Waals surface area contributed by atoms with Crippen LogP contribution >= 0.6 is 0 Å². The molecule has 0 radical (unpaired) electrons. The Balaban J connectivity index is 2.62. The van der Waals surface area contributed by atoms with Gasteiger partial charge in [-0.05, 0) is 45.7 Å². The minimum absolute atomic E-state index is 0.541. The first-order chi connectivity index (χ1) is 5.10. The van der Waals surface area contributed by atoms with Crippen LogP contribution in [0.4, 0.5) is 0 Å². The average Bonchev–Trinajstić information content (AvgIpc) is 2.33. The molecule has 0 amide bonds. The summed E-state index contributed by atoms with van der Waals surface area (Å²) in [6.07, 6.45) is 5.53. The second kappa shape index (κ2) is 3.14. The first-order valence-electron chi connectivity index (χ1n) is 4.78. The van der Waals surface area contributed by atoms with Gasteiger partial charge in [-0.1, -0.05) is 13.8 Å². The number of hydrogen-bond donors (Lipinski definition) is 0. The highest BCUT2D eigenvalue weighted by Gasteiger charge is 2.37. The summed E-state index contributed by atoms with van der Waals surface area (Å²) in [5, 5.41) is 0. The molecular formula is C10H21N. The van der Waals surface area contributed by atoms with E-state index in [0.717, 1.165) is 5.92 Å². The van der Waals surface area contributed by atoms with Crippen molar-refractivity contribution in [3.63, 3.8) is 0 Å². The van der Waals surface area contributed by atoms with E-state index < -0.39 is 0 Å². The topological polar surface area (TPSA) is 3.24 Å². The van der Waals surface area contributed by atoms with Gasteiger partial charge in [-0.2, -0.15) is 0 Å². The van der Waals surface area contributed by atoms with E-state index in [2.05, 4.69) is 32.8 Å². The Kier molecular flexibility index (Phi) is 2.58. The Bertz CT molecular complexity index is 131. The highest BCUT2D eigenvalue weighted by atomic mass is 15.1. The molecule has 1 aliphatic carbocycles. The van der Waals surface area contributed by atoms with Crippen LogP contribution in [0.15, 0.2) is 0 Å². The molecule has 0 spiro atoms. The fourth-order valence-electron chi connectivity index (χ4n) is 2.41. The molecule has 1 heteroatoms. The van der Waals surface area contributed by atoms with E-state index in [9.17, 15) is 0 Å². The van der Waals surface area contributed by atoms with Crippen molar-refractivity contribution < 1.29 is 0 Å². The minimum Gasteiger partial charge on any atom is -0.304 e. The summed E-state index contributed by atoms with van der Waals surface area (Å²) in [6.45, 7) is 4.69. The van der Waals surface area contributed by atoms with Gasteiger partial charge in [0.2, 0.25) is 0 Å². The monoisotopic (exact) mass is 155 g/mol. The molecule has 0 saturated heterocycles. The SMILES string of the molecule is CC[C@@]1(N(C)C)CC[C@@H](C)C1. The first kappa shape index (κ1) is 9.05. The van der Waals surface area contributed by atoms with E-state index in [1.54, 1.807) is 0 Å². The molecule has 0 aromatic carbocycles. The number of hydrogen-bond acceptors (Lipinski definition) is 1. The minimum atomic E-state index is 0.541. The normalized spacial score (nSPS) is 38.5. The molecule has 0 aliphatic heterocycles. The smallest absolute Gasteiger partial charge is 0.0203 e. The maximum atomic E-state index is 2.43. The van der Waals surface area contributed by atoms with Crippen molar-refractivity contribution in [2.75, 3.05) is 14.1 Å². The average molecular weight is 155 g/mol. The van der Waals surface area contributed by atoms with E-state index in [4.69, 9.17) is 0 Å². The summed E-state index contributed by atoms with van der Waals surface area (Å²) in [5.41, 5.74) is 0.541. The molecule has 11 heavy (non-hydrogen) atoms. The molecule has 1 rings (SSSR count). The van der Waals surface area contributed by atoms with Gasteiger partial charge in [-0.15, -0.1) is 0 Å². The lowest BCUT2D eigenvalue weighted by Gasteiger charge is -2.35. The quantitative estimate of drug-likeness (QED) is 0.592. The van der Waals surface area contributed by atoms with E-state index in [-0.39, 0.29) is 0 Å². The molecule has 1 nitrogen and oxygen atoms in total. The van der Waals surface area contributed by atoms with E-state index in [1.165, 1.54) is 25.7 Å². The van der Waals surface area contributed by atoms with Crippen molar-refractivity contribution in [2.24, 2.45) is 5.92 Å². The summed E-state index contributed by atoms with van der Waals surface area (Å²) < 4.78 is 0. The van der Waals surface area contributed by atoms with Crippen LogP contribution in [0.2, 0.25) is 0 Å². The van der Waals surface area contributed by atoms with Crippen molar-refractivity contribution in [3.8, 4) is 0 Å². The van der Waals surface area contributed by atoms with Gasteiger partial charge in [0.15, 0.2) is 0 Å². The molecule has 0 bridgehead atoms. The largest absolute Gasteiger partial charge is 0.304 e. The summed E-state index contributed by atoms with van der Waals surface area (Å²) in [5.74, 6) is 0.942. The van der Waals surface area contributed by atoms with Crippen LogP contribution in [-0.2, 0) is 0 Å². The first-order valence-corrected chi connectivity index (χ1v) is 4.78. The van der Waals surface area contributed by atoms with Crippen LogP contribution in [0.5, 0.6) is 0 Å². The number of rotatable bonds is 2. The Morgan fingerprint density at radius 1 is 1.45 bits per heavy atom. The molecule has 0 N–H and O–H groups in total.